The predicted octanol–water partition coefficient (Wildman–Crippen LogP) is 3.84. The lowest BCUT2D eigenvalue weighted by Gasteiger charge is -2.12. The highest BCUT2D eigenvalue weighted by Gasteiger charge is 2.09. The van der Waals surface area contributed by atoms with E-state index in [9.17, 15) is 4.39 Å². The van der Waals surface area contributed by atoms with Crippen LogP contribution in [0.15, 0.2) is 18.2 Å². The lowest BCUT2D eigenvalue weighted by atomic mass is 10.0. The Labute approximate surface area is 109 Å². The summed E-state index contributed by atoms with van der Waals surface area (Å²) < 4.78 is 18.3. The van der Waals surface area contributed by atoms with Crippen molar-refractivity contribution in [1.29, 1.82) is 0 Å². The van der Waals surface area contributed by atoms with Gasteiger partial charge in [0.1, 0.15) is 0 Å². The first-order valence-electron chi connectivity index (χ1n) is 5.78. The summed E-state index contributed by atoms with van der Waals surface area (Å²) in [6.07, 6.45) is 4.33. The van der Waals surface area contributed by atoms with Gasteiger partial charge in [0.15, 0.2) is 11.6 Å². The topological polar surface area (TPSA) is 35.2 Å². The highest BCUT2D eigenvalue weighted by molar-refractivity contribution is 5.85. The van der Waals surface area contributed by atoms with Crippen molar-refractivity contribution in [3.05, 3.63) is 29.6 Å². The van der Waals surface area contributed by atoms with E-state index in [1.165, 1.54) is 26.0 Å². The maximum atomic E-state index is 13.4. The maximum absolute atomic E-state index is 13.4. The van der Waals surface area contributed by atoms with Gasteiger partial charge in [-0.3, -0.25) is 0 Å². The first-order chi connectivity index (χ1) is 7.69. The minimum absolute atomic E-state index is 0. The van der Waals surface area contributed by atoms with Crippen molar-refractivity contribution >= 4 is 12.4 Å². The van der Waals surface area contributed by atoms with Crippen LogP contribution in [0.1, 0.15) is 44.2 Å². The fourth-order valence-electron chi connectivity index (χ4n) is 1.69. The molecule has 1 atom stereocenters. The number of hydrogen-bond acceptors (Lipinski definition) is 2. The molecule has 2 N–H and O–H groups in total. The monoisotopic (exact) mass is 261 g/mol. The molecule has 0 spiro atoms. The molecule has 4 heteroatoms. The molecule has 0 aliphatic carbocycles. The third-order valence-corrected chi connectivity index (χ3v) is 2.72. The summed E-state index contributed by atoms with van der Waals surface area (Å²) in [5.74, 6) is -0.0737. The summed E-state index contributed by atoms with van der Waals surface area (Å²) in [5.41, 5.74) is 6.83. The summed E-state index contributed by atoms with van der Waals surface area (Å²) in [7, 11) is 1.46. The van der Waals surface area contributed by atoms with Crippen LogP contribution in [-0.4, -0.2) is 7.11 Å². The molecule has 0 heterocycles. The SMILES string of the molecule is CCCCC[C@H](N)c1ccc(OC)c(F)c1.Cl. The van der Waals surface area contributed by atoms with E-state index in [2.05, 4.69) is 6.92 Å². The molecule has 0 amide bonds. The quantitative estimate of drug-likeness (QED) is 0.790. The second-order valence-electron chi connectivity index (χ2n) is 4.00. The summed E-state index contributed by atoms with van der Waals surface area (Å²) >= 11 is 0. The molecule has 0 aliphatic heterocycles. The van der Waals surface area contributed by atoms with E-state index in [0.717, 1.165) is 18.4 Å². The summed E-state index contributed by atoms with van der Waals surface area (Å²) in [6, 6.07) is 4.85. The van der Waals surface area contributed by atoms with Crippen molar-refractivity contribution in [2.24, 2.45) is 5.73 Å². The third kappa shape index (κ3) is 4.92. The van der Waals surface area contributed by atoms with Crippen molar-refractivity contribution in [3.8, 4) is 5.75 Å². The Kier molecular flexibility index (Phi) is 7.92. The fraction of sp³-hybridized carbons (Fsp3) is 0.538. The first kappa shape index (κ1) is 16.2. The van der Waals surface area contributed by atoms with Crippen molar-refractivity contribution < 1.29 is 9.13 Å². The molecule has 0 fully saturated rings. The van der Waals surface area contributed by atoms with E-state index in [0.29, 0.717) is 0 Å². The lowest BCUT2D eigenvalue weighted by molar-refractivity contribution is 0.385. The maximum Gasteiger partial charge on any atom is 0.165 e. The Morgan fingerprint density at radius 2 is 2.06 bits per heavy atom. The summed E-state index contributed by atoms with van der Waals surface area (Å²) in [5, 5.41) is 0. The highest BCUT2D eigenvalue weighted by atomic mass is 35.5. The smallest absolute Gasteiger partial charge is 0.165 e. The van der Waals surface area contributed by atoms with Gasteiger partial charge in [-0.15, -0.1) is 12.4 Å². The van der Waals surface area contributed by atoms with Crippen LogP contribution in [0.3, 0.4) is 0 Å². The van der Waals surface area contributed by atoms with Gasteiger partial charge in [0.25, 0.3) is 0 Å². The van der Waals surface area contributed by atoms with Crippen LogP contribution in [0, 0.1) is 5.82 Å². The fourth-order valence-corrected chi connectivity index (χ4v) is 1.69. The van der Waals surface area contributed by atoms with Gasteiger partial charge in [-0.2, -0.15) is 0 Å². The minimum Gasteiger partial charge on any atom is -0.494 e. The van der Waals surface area contributed by atoms with Crippen LogP contribution in [0.2, 0.25) is 0 Å². The molecule has 1 aromatic carbocycles. The second-order valence-corrected chi connectivity index (χ2v) is 4.00. The molecule has 0 saturated carbocycles. The molecule has 0 unspecified atom stereocenters. The average Bonchev–Trinajstić information content (AvgIpc) is 2.29. The Morgan fingerprint density at radius 1 is 1.35 bits per heavy atom. The van der Waals surface area contributed by atoms with Crippen molar-refractivity contribution in [3.63, 3.8) is 0 Å². The van der Waals surface area contributed by atoms with Crippen LogP contribution in [-0.2, 0) is 0 Å². The van der Waals surface area contributed by atoms with E-state index >= 15 is 0 Å². The average molecular weight is 262 g/mol. The standard InChI is InChI=1S/C13H20FNO.ClH/c1-3-4-5-6-12(15)10-7-8-13(16-2)11(14)9-10;/h7-9,12H,3-6,15H2,1-2H3;1H/t12-;/m0./s1. The largest absolute Gasteiger partial charge is 0.494 e. The van der Waals surface area contributed by atoms with Crippen LogP contribution < -0.4 is 10.5 Å². The van der Waals surface area contributed by atoms with Gasteiger partial charge in [-0.1, -0.05) is 32.3 Å². The molecule has 98 valence electrons. The third-order valence-electron chi connectivity index (χ3n) is 2.72. The van der Waals surface area contributed by atoms with Gasteiger partial charge in [-0.05, 0) is 24.1 Å². The van der Waals surface area contributed by atoms with Gasteiger partial charge >= 0.3 is 0 Å². The molecule has 0 radical (unpaired) electrons. The van der Waals surface area contributed by atoms with Gasteiger partial charge in [0.05, 0.1) is 7.11 Å². The van der Waals surface area contributed by atoms with Crippen LogP contribution in [0.5, 0.6) is 5.75 Å². The Morgan fingerprint density at radius 3 is 2.59 bits per heavy atom. The lowest BCUT2D eigenvalue weighted by Crippen LogP contribution is -2.10. The zero-order valence-electron chi connectivity index (χ0n) is 10.4. The number of halogens is 2. The molecule has 1 rings (SSSR count). The Bertz CT molecular complexity index is 333. The van der Waals surface area contributed by atoms with Gasteiger partial charge in [0.2, 0.25) is 0 Å². The van der Waals surface area contributed by atoms with Gasteiger partial charge in [-0.25, -0.2) is 4.39 Å². The normalized spacial score (nSPS) is 11.8. The molecular weight excluding hydrogens is 241 g/mol. The van der Waals surface area contributed by atoms with Crippen LogP contribution in [0.4, 0.5) is 4.39 Å². The highest BCUT2D eigenvalue weighted by Crippen LogP contribution is 2.23. The zero-order chi connectivity index (χ0) is 12.0. The molecule has 0 aromatic heterocycles. The van der Waals surface area contributed by atoms with Crippen LogP contribution in [0.25, 0.3) is 0 Å². The number of unbranched alkanes of at least 4 members (excludes halogenated alkanes) is 2. The number of rotatable bonds is 6. The van der Waals surface area contributed by atoms with Crippen molar-refractivity contribution in [1.82, 2.24) is 0 Å². The van der Waals surface area contributed by atoms with Crippen molar-refractivity contribution in [2.45, 2.75) is 38.6 Å². The first-order valence-corrected chi connectivity index (χ1v) is 5.78. The minimum atomic E-state index is -0.342. The van der Waals surface area contributed by atoms with Crippen LogP contribution >= 0.6 is 12.4 Å². The Hall–Kier alpha value is -0.800. The van der Waals surface area contributed by atoms with E-state index in [1.54, 1.807) is 6.07 Å². The molecule has 0 bridgehead atoms. The zero-order valence-corrected chi connectivity index (χ0v) is 11.2. The van der Waals surface area contributed by atoms with E-state index in [4.69, 9.17) is 10.5 Å². The van der Waals surface area contributed by atoms with E-state index in [-0.39, 0.29) is 30.0 Å². The van der Waals surface area contributed by atoms with Gasteiger partial charge < -0.3 is 10.5 Å². The van der Waals surface area contributed by atoms with Gasteiger partial charge in [0, 0.05) is 6.04 Å². The number of benzene rings is 1. The number of ether oxygens (including phenoxy) is 1. The molecule has 17 heavy (non-hydrogen) atoms. The Balaban J connectivity index is 0.00000256. The predicted molar refractivity (Wildman–Crippen MR) is 71.3 cm³/mol. The number of methoxy groups -OCH3 is 1. The molecule has 1 aromatic rings. The molecular formula is C13H21ClFNO. The second kappa shape index (κ2) is 8.31. The van der Waals surface area contributed by atoms with E-state index in [1.807, 2.05) is 6.07 Å². The molecule has 2 nitrogen and oxygen atoms in total. The number of nitrogens with two attached hydrogens (primary N) is 1. The van der Waals surface area contributed by atoms with Crippen molar-refractivity contribution in [2.75, 3.05) is 7.11 Å². The molecule has 0 saturated heterocycles. The summed E-state index contributed by atoms with van der Waals surface area (Å²) in [4.78, 5) is 0. The van der Waals surface area contributed by atoms with E-state index < -0.39 is 0 Å². The number of hydrogen-bond donors (Lipinski definition) is 1. The molecule has 0 aliphatic rings. The summed E-state index contributed by atoms with van der Waals surface area (Å²) in [6.45, 7) is 2.15.